The van der Waals surface area contributed by atoms with E-state index in [0.717, 1.165) is 16.8 Å². The second kappa shape index (κ2) is 6.98. The highest BCUT2D eigenvalue weighted by molar-refractivity contribution is 7.98. The number of hydrogen-bond donors (Lipinski definition) is 0. The lowest BCUT2D eigenvalue weighted by molar-refractivity contribution is -0.137. The van der Waals surface area contributed by atoms with Gasteiger partial charge in [0.25, 0.3) is 0 Å². The highest BCUT2D eigenvalue weighted by Gasteiger charge is 2.30. The van der Waals surface area contributed by atoms with Crippen molar-refractivity contribution < 1.29 is 13.2 Å². The first-order valence-electron chi connectivity index (χ1n) is 7.25. The molecular weight excluding hydrogens is 355 g/mol. The van der Waals surface area contributed by atoms with E-state index >= 15 is 0 Å². The van der Waals surface area contributed by atoms with Gasteiger partial charge in [0.05, 0.1) is 10.4 Å². The molecule has 8 heteroatoms. The van der Waals surface area contributed by atoms with Crippen LogP contribution in [0.1, 0.15) is 18.1 Å². The van der Waals surface area contributed by atoms with Crippen LogP contribution in [0.2, 0.25) is 0 Å². The Morgan fingerprint density at radius 3 is 2.67 bits per heavy atom. The van der Waals surface area contributed by atoms with Gasteiger partial charge in [-0.25, -0.2) is 0 Å². The van der Waals surface area contributed by atoms with Gasteiger partial charge in [0.1, 0.15) is 0 Å². The van der Waals surface area contributed by atoms with Crippen LogP contribution in [0, 0.1) is 0 Å². The van der Waals surface area contributed by atoms with Crippen LogP contribution < -0.4 is 0 Å². The van der Waals surface area contributed by atoms with Crippen molar-refractivity contribution in [3.05, 3.63) is 52.9 Å². The van der Waals surface area contributed by atoms with Gasteiger partial charge in [-0.1, -0.05) is 36.0 Å². The molecule has 0 aliphatic heterocycles. The molecule has 0 atom stereocenters. The summed E-state index contributed by atoms with van der Waals surface area (Å²) in [5.41, 5.74) is -0.0185. The molecule has 0 aliphatic carbocycles. The van der Waals surface area contributed by atoms with Crippen LogP contribution in [0.4, 0.5) is 13.2 Å². The smallest absolute Gasteiger partial charge is 0.302 e. The summed E-state index contributed by atoms with van der Waals surface area (Å²) in [5.74, 6) is 1.20. The molecule has 0 saturated carbocycles. The molecule has 0 saturated heterocycles. The van der Waals surface area contributed by atoms with Gasteiger partial charge in [-0.15, -0.1) is 21.5 Å². The summed E-state index contributed by atoms with van der Waals surface area (Å²) in [6.45, 7) is 2.69. The van der Waals surface area contributed by atoms with Crippen LogP contribution >= 0.6 is 23.1 Å². The number of aromatic nitrogens is 3. The fourth-order valence-corrected chi connectivity index (χ4v) is 3.92. The maximum Gasteiger partial charge on any atom is 0.416 e. The number of rotatable bonds is 5. The molecule has 0 amide bonds. The molecule has 126 valence electrons. The van der Waals surface area contributed by atoms with Gasteiger partial charge in [-0.2, -0.15) is 13.2 Å². The van der Waals surface area contributed by atoms with Crippen molar-refractivity contribution in [2.24, 2.45) is 0 Å². The predicted molar refractivity (Wildman–Crippen MR) is 90.0 cm³/mol. The molecule has 0 radical (unpaired) electrons. The average molecular weight is 369 g/mol. The second-order valence-corrected chi connectivity index (χ2v) is 6.90. The highest BCUT2D eigenvalue weighted by atomic mass is 32.2. The molecule has 0 N–H and O–H groups in total. The molecule has 24 heavy (non-hydrogen) atoms. The number of halogens is 3. The molecule has 2 aromatic heterocycles. The topological polar surface area (TPSA) is 30.7 Å². The zero-order valence-corrected chi connectivity index (χ0v) is 14.4. The third-order valence-corrected chi connectivity index (χ3v) is 5.30. The third kappa shape index (κ3) is 3.64. The number of hydrogen-bond acceptors (Lipinski definition) is 4. The Balaban J connectivity index is 1.78. The molecule has 3 aromatic rings. The van der Waals surface area contributed by atoms with Crippen LogP contribution in [0.25, 0.3) is 10.7 Å². The zero-order valence-electron chi connectivity index (χ0n) is 12.7. The standard InChI is InChI=1S/C16H14F3N3S2/c1-2-22-14(13-7-4-8-23-13)20-21-15(22)24-10-11-5-3-6-12(9-11)16(17,18)19/h3-9H,2,10H2,1H3. The van der Waals surface area contributed by atoms with Gasteiger partial charge in [-0.05, 0) is 30.0 Å². The molecule has 0 spiro atoms. The lowest BCUT2D eigenvalue weighted by Crippen LogP contribution is -2.05. The first-order chi connectivity index (χ1) is 11.5. The summed E-state index contributed by atoms with van der Waals surface area (Å²) < 4.78 is 40.3. The normalized spacial score (nSPS) is 11.8. The van der Waals surface area contributed by atoms with Crippen molar-refractivity contribution in [1.29, 1.82) is 0 Å². The Bertz CT molecular complexity index is 810. The van der Waals surface area contributed by atoms with E-state index in [4.69, 9.17) is 0 Å². The third-order valence-electron chi connectivity index (χ3n) is 3.40. The minimum absolute atomic E-state index is 0.409. The molecule has 1 aromatic carbocycles. The second-order valence-electron chi connectivity index (χ2n) is 5.01. The Morgan fingerprint density at radius 1 is 1.17 bits per heavy atom. The Kier molecular flexibility index (Phi) is 4.96. The minimum Gasteiger partial charge on any atom is -0.302 e. The average Bonchev–Trinajstić information content (AvgIpc) is 3.21. The zero-order chi connectivity index (χ0) is 17.2. The maximum absolute atomic E-state index is 12.8. The fourth-order valence-electron chi connectivity index (χ4n) is 2.25. The summed E-state index contributed by atoms with van der Waals surface area (Å²) in [4.78, 5) is 1.02. The number of nitrogens with zero attached hydrogens (tertiary/aromatic N) is 3. The van der Waals surface area contributed by atoms with Crippen LogP contribution in [-0.4, -0.2) is 14.8 Å². The summed E-state index contributed by atoms with van der Waals surface area (Å²) in [5, 5.41) is 11.1. The molecule has 3 nitrogen and oxygen atoms in total. The molecule has 0 aliphatic rings. The minimum atomic E-state index is -4.32. The van der Waals surface area contributed by atoms with Crippen LogP contribution in [0.15, 0.2) is 46.9 Å². The number of thiophene rings is 1. The number of alkyl halides is 3. The summed E-state index contributed by atoms with van der Waals surface area (Å²) >= 11 is 2.97. The van der Waals surface area contributed by atoms with Gasteiger partial charge in [0, 0.05) is 12.3 Å². The van der Waals surface area contributed by atoms with E-state index in [0.29, 0.717) is 23.0 Å². The Morgan fingerprint density at radius 2 is 2.00 bits per heavy atom. The largest absolute Gasteiger partial charge is 0.416 e. The summed E-state index contributed by atoms with van der Waals surface area (Å²) in [6, 6.07) is 9.30. The predicted octanol–water partition coefficient (Wildman–Crippen LogP) is 5.34. The number of benzene rings is 1. The van der Waals surface area contributed by atoms with Gasteiger partial charge >= 0.3 is 6.18 Å². The first-order valence-corrected chi connectivity index (χ1v) is 9.11. The van der Waals surface area contributed by atoms with Crippen molar-refractivity contribution >= 4 is 23.1 Å². The summed E-state index contributed by atoms with van der Waals surface area (Å²) in [6.07, 6.45) is -4.32. The van der Waals surface area contributed by atoms with Crippen molar-refractivity contribution in [1.82, 2.24) is 14.8 Å². The van der Waals surface area contributed by atoms with Crippen LogP contribution in [0.5, 0.6) is 0 Å². The van der Waals surface area contributed by atoms with E-state index in [9.17, 15) is 13.2 Å². The van der Waals surface area contributed by atoms with E-state index in [1.54, 1.807) is 17.4 Å². The molecular formula is C16H14F3N3S2. The van der Waals surface area contributed by atoms with Gasteiger partial charge in [0.2, 0.25) is 0 Å². The van der Waals surface area contributed by atoms with Gasteiger partial charge in [0.15, 0.2) is 11.0 Å². The van der Waals surface area contributed by atoms with Crippen LogP contribution in [0.3, 0.4) is 0 Å². The van der Waals surface area contributed by atoms with E-state index < -0.39 is 11.7 Å². The van der Waals surface area contributed by atoms with Crippen molar-refractivity contribution in [2.45, 2.75) is 30.6 Å². The fraction of sp³-hybridized carbons (Fsp3) is 0.250. The quantitative estimate of drug-likeness (QED) is 0.569. The molecule has 0 fully saturated rings. The Hall–Kier alpha value is -1.80. The molecule has 3 rings (SSSR count). The van der Waals surface area contributed by atoms with E-state index in [-0.39, 0.29) is 0 Å². The maximum atomic E-state index is 12.8. The van der Waals surface area contributed by atoms with Crippen molar-refractivity contribution in [2.75, 3.05) is 0 Å². The highest BCUT2D eigenvalue weighted by Crippen LogP contribution is 2.32. The van der Waals surface area contributed by atoms with E-state index in [1.165, 1.54) is 23.9 Å². The number of thioether (sulfide) groups is 1. The lowest BCUT2D eigenvalue weighted by atomic mass is 10.1. The van der Waals surface area contributed by atoms with E-state index in [1.807, 2.05) is 29.0 Å². The SMILES string of the molecule is CCn1c(SCc2cccc(C(F)(F)F)c2)nnc1-c1cccs1. The first kappa shape index (κ1) is 17.0. The lowest BCUT2D eigenvalue weighted by Gasteiger charge is -2.09. The molecule has 2 heterocycles. The van der Waals surface area contributed by atoms with Crippen LogP contribution in [-0.2, 0) is 18.5 Å². The van der Waals surface area contributed by atoms with Gasteiger partial charge < -0.3 is 4.57 Å². The molecule has 0 bridgehead atoms. The van der Waals surface area contributed by atoms with Crippen molar-refractivity contribution in [3.63, 3.8) is 0 Å². The molecule has 0 unspecified atom stereocenters. The van der Waals surface area contributed by atoms with E-state index in [2.05, 4.69) is 10.2 Å². The Labute approximate surface area is 145 Å². The summed E-state index contributed by atoms with van der Waals surface area (Å²) in [7, 11) is 0. The monoisotopic (exact) mass is 369 g/mol. The van der Waals surface area contributed by atoms with Gasteiger partial charge in [-0.3, -0.25) is 0 Å². The van der Waals surface area contributed by atoms with Crippen molar-refractivity contribution in [3.8, 4) is 10.7 Å².